The van der Waals surface area contributed by atoms with Gasteiger partial charge in [0.25, 0.3) is 5.69 Å². The van der Waals surface area contributed by atoms with E-state index < -0.39 is 28.7 Å². The topological polar surface area (TPSA) is 128 Å². The van der Waals surface area contributed by atoms with Gasteiger partial charge in [0.1, 0.15) is 12.6 Å². The number of alkyl carbamates (subject to hydrolysis) is 1. The van der Waals surface area contributed by atoms with E-state index in [-0.39, 0.29) is 29.5 Å². The minimum Gasteiger partial charge on any atom is -0.449 e. The average Bonchev–Trinajstić information content (AvgIpc) is 3.29. The number of rotatable bonds is 8. The van der Waals surface area contributed by atoms with E-state index in [0.717, 1.165) is 28.3 Å². The van der Waals surface area contributed by atoms with Gasteiger partial charge in [0.2, 0.25) is 5.91 Å². The fourth-order valence-electron chi connectivity index (χ4n) is 4.81. The number of ketones is 1. The summed E-state index contributed by atoms with van der Waals surface area (Å²) < 4.78 is 5.51. The molecule has 4 aromatic rings. The molecule has 0 aromatic heterocycles. The number of hydrogen-bond donors (Lipinski definition) is 2. The molecule has 9 nitrogen and oxygen atoms in total. The van der Waals surface area contributed by atoms with Crippen molar-refractivity contribution in [1.82, 2.24) is 5.32 Å². The van der Waals surface area contributed by atoms with Crippen LogP contribution in [0.1, 0.15) is 39.9 Å². The van der Waals surface area contributed by atoms with Crippen molar-refractivity contribution in [2.24, 2.45) is 0 Å². The van der Waals surface area contributed by atoms with Crippen molar-refractivity contribution in [3.8, 4) is 11.1 Å². The maximum Gasteiger partial charge on any atom is 0.407 e. The molecule has 0 spiro atoms. The number of nitro groups is 1. The summed E-state index contributed by atoms with van der Waals surface area (Å²) in [7, 11) is 0. The Bertz CT molecular complexity index is 1570. The van der Waals surface area contributed by atoms with Crippen LogP contribution in [0.3, 0.4) is 0 Å². The first-order chi connectivity index (χ1) is 19.3. The molecule has 9 heteroatoms. The normalized spacial score (nSPS) is 12.5. The molecule has 5 rings (SSSR count). The number of hydrogen-bond acceptors (Lipinski definition) is 6. The molecule has 1 atom stereocenters. The molecule has 2 N–H and O–H groups in total. The second kappa shape index (κ2) is 11.2. The van der Waals surface area contributed by atoms with Crippen LogP contribution in [-0.2, 0) is 9.53 Å². The Hall–Kier alpha value is -5.31. The highest BCUT2D eigenvalue weighted by atomic mass is 16.6. The number of nitrogens with zero attached hydrogens (tertiary/aromatic N) is 1. The first kappa shape index (κ1) is 26.3. The van der Waals surface area contributed by atoms with Crippen molar-refractivity contribution < 1.29 is 24.0 Å². The van der Waals surface area contributed by atoms with Crippen molar-refractivity contribution in [1.29, 1.82) is 0 Å². The lowest BCUT2D eigenvalue weighted by atomic mass is 9.98. The van der Waals surface area contributed by atoms with E-state index in [0.29, 0.717) is 5.56 Å². The highest BCUT2D eigenvalue weighted by molar-refractivity contribution is 6.14. The minimum atomic E-state index is -1.02. The molecule has 0 radical (unpaired) electrons. The molecular formula is C31H25N3O6. The molecule has 0 bridgehead atoms. The molecule has 0 saturated carbocycles. The van der Waals surface area contributed by atoms with E-state index in [1.165, 1.54) is 19.1 Å². The molecule has 0 fully saturated rings. The van der Waals surface area contributed by atoms with Gasteiger partial charge in [-0.05, 0) is 35.2 Å². The number of fused-ring (bicyclic) bond motifs is 3. The highest BCUT2D eigenvalue weighted by Gasteiger charge is 2.29. The van der Waals surface area contributed by atoms with Crippen molar-refractivity contribution >= 4 is 29.2 Å². The number of carbonyl (C=O) groups excluding carboxylic acids is 3. The number of nitro benzene ring substituents is 1. The Labute approximate surface area is 230 Å². The van der Waals surface area contributed by atoms with E-state index in [2.05, 4.69) is 10.6 Å². The minimum absolute atomic E-state index is 0.0397. The summed E-state index contributed by atoms with van der Waals surface area (Å²) in [5.74, 6) is -1.24. The zero-order valence-electron chi connectivity index (χ0n) is 21.5. The van der Waals surface area contributed by atoms with Crippen molar-refractivity contribution in [2.45, 2.75) is 18.9 Å². The summed E-state index contributed by atoms with van der Waals surface area (Å²) in [4.78, 5) is 49.4. The van der Waals surface area contributed by atoms with Crippen LogP contribution >= 0.6 is 0 Å². The molecule has 1 aliphatic carbocycles. The van der Waals surface area contributed by atoms with Gasteiger partial charge in [-0.2, -0.15) is 0 Å². The zero-order chi connectivity index (χ0) is 28.2. The first-order valence-electron chi connectivity index (χ1n) is 12.6. The van der Waals surface area contributed by atoms with Crippen molar-refractivity contribution in [3.05, 3.63) is 129 Å². The summed E-state index contributed by atoms with van der Waals surface area (Å²) in [5, 5.41) is 16.4. The van der Waals surface area contributed by atoms with Crippen molar-refractivity contribution in [3.63, 3.8) is 0 Å². The molecular weight excluding hydrogens is 510 g/mol. The van der Waals surface area contributed by atoms with Gasteiger partial charge in [0, 0.05) is 23.6 Å². The fraction of sp³-hybridized carbons (Fsp3) is 0.129. The van der Waals surface area contributed by atoms with E-state index >= 15 is 0 Å². The van der Waals surface area contributed by atoms with Crippen LogP contribution in [0.5, 0.6) is 0 Å². The third-order valence-electron chi connectivity index (χ3n) is 6.82. The van der Waals surface area contributed by atoms with Gasteiger partial charge in [-0.1, -0.05) is 78.9 Å². The average molecular weight is 536 g/mol. The molecule has 0 heterocycles. The molecule has 40 heavy (non-hydrogen) atoms. The van der Waals surface area contributed by atoms with E-state index in [4.69, 9.17) is 4.74 Å². The van der Waals surface area contributed by atoms with Gasteiger partial charge in [0.15, 0.2) is 5.78 Å². The monoisotopic (exact) mass is 535 g/mol. The lowest BCUT2D eigenvalue weighted by molar-refractivity contribution is -0.384. The summed E-state index contributed by atoms with van der Waals surface area (Å²) in [6.45, 7) is 1.56. The first-order valence-corrected chi connectivity index (χ1v) is 12.6. The Morgan fingerprint density at radius 1 is 0.875 bits per heavy atom. The number of non-ortho nitro benzene ring substituents is 1. The third kappa shape index (κ3) is 5.30. The van der Waals surface area contributed by atoms with Crippen LogP contribution in [0.2, 0.25) is 0 Å². The fourth-order valence-corrected chi connectivity index (χ4v) is 4.81. The third-order valence-corrected chi connectivity index (χ3v) is 6.82. The molecule has 0 aliphatic heterocycles. The smallest absolute Gasteiger partial charge is 0.407 e. The Morgan fingerprint density at radius 2 is 1.48 bits per heavy atom. The van der Waals surface area contributed by atoms with Gasteiger partial charge in [-0.15, -0.1) is 0 Å². The quantitative estimate of drug-likeness (QED) is 0.169. The number of ether oxygens (including phenoxy) is 1. The molecule has 1 unspecified atom stereocenters. The van der Waals surface area contributed by atoms with Crippen LogP contribution in [-0.4, -0.2) is 35.4 Å². The zero-order valence-corrected chi connectivity index (χ0v) is 21.5. The SMILES string of the molecule is CC(NC(=O)OCC1c2ccccc2-c2ccccc21)C(=O)Nc1ccc([N+](=O)[O-])cc1C(=O)c1ccccc1. The maximum absolute atomic E-state index is 13.1. The Balaban J connectivity index is 1.25. The highest BCUT2D eigenvalue weighted by Crippen LogP contribution is 2.44. The maximum atomic E-state index is 13.1. The van der Waals surface area contributed by atoms with Crippen LogP contribution in [0.15, 0.2) is 97.1 Å². The summed E-state index contributed by atoms with van der Waals surface area (Å²) in [6, 6.07) is 26.7. The molecule has 0 saturated heterocycles. The number of carbonyl (C=O) groups is 3. The van der Waals surface area contributed by atoms with Crippen LogP contribution in [0, 0.1) is 10.1 Å². The largest absolute Gasteiger partial charge is 0.449 e. The Kier molecular flexibility index (Phi) is 7.37. The van der Waals surface area contributed by atoms with E-state index in [9.17, 15) is 24.5 Å². The van der Waals surface area contributed by atoms with Crippen LogP contribution < -0.4 is 10.6 Å². The summed E-state index contributed by atoms with van der Waals surface area (Å²) in [5.41, 5.74) is 4.40. The predicted molar refractivity (Wildman–Crippen MR) is 149 cm³/mol. The van der Waals surface area contributed by atoms with Crippen LogP contribution in [0.25, 0.3) is 11.1 Å². The van der Waals surface area contributed by atoms with Gasteiger partial charge in [-0.3, -0.25) is 19.7 Å². The van der Waals surface area contributed by atoms with Gasteiger partial charge >= 0.3 is 6.09 Å². The lowest BCUT2D eigenvalue weighted by Gasteiger charge is -2.18. The molecule has 1 aliphatic rings. The summed E-state index contributed by atoms with van der Waals surface area (Å²) >= 11 is 0. The van der Waals surface area contributed by atoms with E-state index in [1.807, 2.05) is 48.5 Å². The summed E-state index contributed by atoms with van der Waals surface area (Å²) in [6.07, 6.45) is -0.770. The molecule has 4 aromatic carbocycles. The van der Waals surface area contributed by atoms with Crippen molar-refractivity contribution in [2.75, 3.05) is 11.9 Å². The molecule has 200 valence electrons. The lowest BCUT2D eigenvalue weighted by Crippen LogP contribution is -2.42. The molecule has 2 amide bonds. The van der Waals surface area contributed by atoms with Gasteiger partial charge in [-0.25, -0.2) is 4.79 Å². The van der Waals surface area contributed by atoms with Crippen LogP contribution in [0.4, 0.5) is 16.2 Å². The number of nitrogens with one attached hydrogen (secondary N) is 2. The predicted octanol–water partition coefficient (Wildman–Crippen LogP) is 5.69. The number of benzene rings is 4. The second-order valence-electron chi connectivity index (χ2n) is 9.36. The van der Waals surface area contributed by atoms with E-state index in [1.54, 1.807) is 30.3 Å². The van der Waals surface area contributed by atoms with Gasteiger partial charge < -0.3 is 15.4 Å². The Morgan fingerprint density at radius 3 is 2.10 bits per heavy atom. The number of amides is 2. The number of anilines is 1. The standard InChI is InChI=1S/C31H25N3O6/c1-19(32-31(37)40-18-27-24-13-7-5-11-22(24)23-12-6-8-14-25(23)27)30(36)33-28-16-15-21(34(38)39)17-26(28)29(35)20-9-3-2-4-10-20/h2-17,19,27H,18H2,1H3,(H,32,37)(H,33,36). The van der Waals surface area contributed by atoms with Gasteiger partial charge in [0.05, 0.1) is 16.2 Å². The second-order valence-corrected chi connectivity index (χ2v) is 9.36.